The number of ether oxygens (including phenoxy) is 4. The van der Waals surface area contributed by atoms with Gasteiger partial charge in [0.2, 0.25) is 0 Å². The number of carboxylic acids is 1. The van der Waals surface area contributed by atoms with Gasteiger partial charge in [-0.15, -0.1) is 0 Å². The quantitative estimate of drug-likeness (QED) is 0.579. The lowest BCUT2D eigenvalue weighted by Crippen LogP contribution is -2.56. The van der Waals surface area contributed by atoms with Crippen molar-refractivity contribution < 1.29 is 38.4 Å². The lowest BCUT2D eigenvalue weighted by Gasteiger charge is -2.43. The number of methoxy groups -OCH3 is 1. The molecule has 1 saturated heterocycles. The number of carbonyl (C=O) groups excluding carboxylic acids is 2. The average molecular weight is 374 g/mol. The predicted molar refractivity (Wildman–Crippen MR) is 91.2 cm³/mol. The van der Waals surface area contributed by atoms with Gasteiger partial charge in [-0.2, -0.15) is 0 Å². The molecule has 0 saturated carbocycles. The fourth-order valence-electron chi connectivity index (χ4n) is 3.16. The van der Waals surface area contributed by atoms with Gasteiger partial charge < -0.3 is 24.1 Å². The average Bonchev–Trinajstić information content (AvgIpc) is 2.58. The third-order valence-electron chi connectivity index (χ3n) is 4.40. The summed E-state index contributed by atoms with van der Waals surface area (Å²) in [7, 11) is 1.40. The van der Waals surface area contributed by atoms with Gasteiger partial charge in [-0.25, -0.2) is 0 Å². The molecule has 1 unspecified atom stereocenters. The molecule has 0 amide bonds. The summed E-state index contributed by atoms with van der Waals surface area (Å²) in [6.45, 7) is 5.39. The number of hydrogen-bond acceptors (Lipinski definition) is 7. The van der Waals surface area contributed by atoms with Crippen molar-refractivity contribution in [2.24, 2.45) is 11.8 Å². The summed E-state index contributed by atoms with van der Waals surface area (Å²) in [6.07, 6.45) is -0.742. The molecule has 1 fully saturated rings. The summed E-state index contributed by atoms with van der Waals surface area (Å²) in [6, 6.07) is 0. The van der Waals surface area contributed by atoms with Crippen molar-refractivity contribution >= 4 is 17.9 Å². The number of rotatable bonds is 10. The van der Waals surface area contributed by atoms with Gasteiger partial charge in [-0.1, -0.05) is 20.8 Å². The third-order valence-corrected chi connectivity index (χ3v) is 4.40. The SMILES string of the molecule is CCCC(=O)O[C@H]1[C@@H](C(CC)C(=O)O)[C@@H](OC)OC[C@H]1OC(=O)CCC. The highest BCUT2D eigenvalue weighted by Gasteiger charge is 2.50. The Kier molecular flexibility index (Phi) is 9.58. The van der Waals surface area contributed by atoms with E-state index in [1.54, 1.807) is 6.92 Å². The highest BCUT2D eigenvalue weighted by molar-refractivity contribution is 5.72. The Balaban J connectivity index is 3.14. The Morgan fingerprint density at radius 2 is 1.65 bits per heavy atom. The molecule has 0 aromatic heterocycles. The van der Waals surface area contributed by atoms with Crippen molar-refractivity contribution in [1.29, 1.82) is 0 Å². The summed E-state index contributed by atoms with van der Waals surface area (Å²) in [5.74, 6) is -3.59. The van der Waals surface area contributed by atoms with Gasteiger partial charge in [0.05, 0.1) is 18.4 Å². The van der Waals surface area contributed by atoms with E-state index in [1.165, 1.54) is 7.11 Å². The van der Waals surface area contributed by atoms with E-state index < -0.39 is 48.2 Å². The minimum Gasteiger partial charge on any atom is -0.481 e. The van der Waals surface area contributed by atoms with E-state index in [0.717, 1.165) is 0 Å². The number of aliphatic carboxylic acids is 1. The van der Waals surface area contributed by atoms with E-state index in [-0.39, 0.29) is 19.4 Å². The first-order chi connectivity index (χ1) is 12.4. The predicted octanol–water partition coefficient (Wildman–Crippen LogP) is 2.14. The van der Waals surface area contributed by atoms with E-state index >= 15 is 0 Å². The van der Waals surface area contributed by atoms with Crippen LogP contribution in [-0.4, -0.2) is 55.2 Å². The molecule has 26 heavy (non-hydrogen) atoms. The lowest BCUT2D eigenvalue weighted by molar-refractivity contribution is -0.263. The molecule has 0 aromatic carbocycles. The zero-order valence-electron chi connectivity index (χ0n) is 15.9. The van der Waals surface area contributed by atoms with E-state index in [0.29, 0.717) is 19.3 Å². The topological polar surface area (TPSA) is 108 Å². The first kappa shape index (κ1) is 22.4. The fraction of sp³-hybridized carbons (Fsp3) is 0.833. The molecule has 150 valence electrons. The number of esters is 2. The van der Waals surface area contributed by atoms with E-state index in [9.17, 15) is 19.5 Å². The molecule has 0 radical (unpaired) electrons. The van der Waals surface area contributed by atoms with Gasteiger partial charge in [0.15, 0.2) is 12.4 Å². The highest BCUT2D eigenvalue weighted by Crippen LogP contribution is 2.35. The molecular weight excluding hydrogens is 344 g/mol. The largest absolute Gasteiger partial charge is 0.481 e. The Morgan fingerprint density at radius 3 is 2.12 bits per heavy atom. The van der Waals surface area contributed by atoms with Crippen molar-refractivity contribution in [2.45, 2.75) is 71.4 Å². The molecule has 8 nitrogen and oxygen atoms in total. The van der Waals surface area contributed by atoms with Crippen LogP contribution in [0.25, 0.3) is 0 Å². The minimum absolute atomic E-state index is 0.0232. The Labute approximate surface area is 154 Å². The maximum Gasteiger partial charge on any atom is 0.307 e. The van der Waals surface area contributed by atoms with Crippen LogP contribution in [0.1, 0.15) is 52.9 Å². The molecule has 1 aliphatic rings. The molecule has 8 heteroatoms. The van der Waals surface area contributed by atoms with E-state index in [4.69, 9.17) is 18.9 Å². The number of carboxylic acid groups (broad SMARTS) is 1. The summed E-state index contributed by atoms with van der Waals surface area (Å²) in [4.78, 5) is 35.8. The molecule has 1 aliphatic heterocycles. The zero-order valence-corrected chi connectivity index (χ0v) is 15.9. The van der Waals surface area contributed by atoms with Gasteiger partial charge >= 0.3 is 17.9 Å². The molecule has 1 rings (SSSR count). The van der Waals surface area contributed by atoms with Gasteiger partial charge in [0, 0.05) is 20.0 Å². The summed E-state index contributed by atoms with van der Waals surface area (Å²) >= 11 is 0. The van der Waals surface area contributed by atoms with Crippen LogP contribution in [0.2, 0.25) is 0 Å². The molecule has 1 N–H and O–H groups in total. The molecule has 1 heterocycles. The van der Waals surface area contributed by atoms with Crippen LogP contribution in [0.3, 0.4) is 0 Å². The van der Waals surface area contributed by atoms with Gasteiger partial charge in [-0.05, 0) is 19.3 Å². The van der Waals surface area contributed by atoms with Crippen LogP contribution in [0.5, 0.6) is 0 Å². The second-order valence-electron chi connectivity index (χ2n) is 6.35. The second kappa shape index (κ2) is 11.1. The van der Waals surface area contributed by atoms with Crippen LogP contribution in [0, 0.1) is 11.8 Å². The second-order valence-corrected chi connectivity index (χ2v) is 6.35. The van der Waals surface area contributed by atoms with Gasteiger partial charge in [0.25, 0.3) is 0 Å². The summed E-state index contributed by atoms with van der Waals surface area (Å²) < 4.78 is 21.9. The monoisotopic (exact) mass is 374 g/mol. The molecule has 0 aliphatic carbocycles. The zero-order chi connectivity index (χ0) is 19.7. The maximum atomic E-state index is 12.1. The molecule has 0 spiro atoms. The van der Waals surface area contributed by atoms with Crippen molar-refractivity contribution in [3.63, 3.8) is 0 Å². The van der Waals surface area contributed by atoms with Gasteiger partial charge in [-0.3, -0.25) is 14.4 Å². The van der Waals surface area contributed by atoms with Crippen molar-refractivity contribution in [3.8, 4) is 0 Å². The first-order valence-corrected chi connectivity index (χ1v) is 9.15. The Bertz CT molecular complexity index is 478. The number of hydrogen-bond donors (Lipinski definition) is 1. The van der Waals surface area contributed by atoms with Crippen LogP contribution in [0.15, 0.2) is 0 Å². The standard InChI is InChI=1S/C18H30O8/c1-5-8-13(19)25-12-10-24-18(23-4)15(11(7-3)17(21)22)16(12)26-14(20)9-6-2/h11-12,15-16,18H,5-10H2,1-4H3,(H,21,22)/t11?,12-,15-,16-,18+/m1/s1. The van der Waals surface area contributed by atoms with Crippen molar-refractivity contribution in [2.75, 3.05) is 13.7 Å². The lowest BCUT2D eigenvalue weighted by atomic mass is 9.81. The van der Waals surface area contributed by atoms with Crippen LogP contribution >= 0.6 is 0 Å². The molecule has 5 atom stereocenters. The van der Waals surface area contributed by atoms with Crippen LogP contribution < -0.4 is 0 Å². The van der Waals surface area contributed by atoms with Crippen molar-refractivity contribution in [1.82, 2.24) is 0 Å². The minimum atomic E-state index is -1.04. The van der Waals surface area contributed by atoms with Gasteiger partial charge in [0.1, 0.15) is 6.10 Å². The summed E-state index contributed by atoms with van der Waals surface area (Å²) in [5.41, 5.74) is 0. The highest BCUT2D eigenvalue weighted by atomic mass is 16.7. The molecular formula is C18H30O8. The first-order valence-electron chi connectivity index (χ1n) is 9.15. The third kappa shape index (κ3) is 5.95. The summed E-state index contributed by atoms with van der Waals surface area (Å²) in [5, 5.41) is 9.59. The van der Waals surface area contributed by atoms with Crippen LogP contribution in [0.4, 0.5) is 0 Å². The Hall–Kier alpha value is -1.67. The molecule has 0 aromatic rings. The maximum absolute atomic E-state index is 12.1. The van der Waals surface area contributed by atoms with Crippen LogP contribution in [-0.2, 0) is 33.3 Å². The Morgan fingerprint density at radius 1 is 1.08 bits per heavy atom. The van der Waals surface area contributed by atoms with Crippen molar-refractivity contribution in [3.05, 3.63) is 0 Å². The van der Waals surface area contributed by atoms with E-state index in [1.807, 2.05) is 13.8 Å². The van der Waals surface area contributed by atoms with E-state index in [2.05, 4.69) is 0 Å². The number of carbonyl (C=O) groups is 3. The molecule has 0 bridgehead atoms. The smallest absolute Gasteiger partial charge is 0.307 e. The normalized spacial score (nSPS) is 26.8. The fourth-order valence-corrected chi connectivity index (χ4v) is 3.16.